The first kappa shape index (κ1) is 30.5. The molecule has 3 aliphatic heterocycles. The van der Waals surface area contributed by atoms with Gasteiger partial charge in [-0.15, -0.1) is 0 Å². The van der Waals surface area contributed by atoms with Crippen LogP contribution in [0.2, 0.25) is 0 Å². The van der Waals surface area contributed by atoms with Crippen LogP contribution in [0.15, 0.2) is 44.0 Å². The van der Waals surface area contributed by atoms with Gasteiger partial charge in [0.05, 0.1) is 25.3 Å². The highest BCUT2D eigenvalue weighted by Crippen LogP contribution is 2.57. The van der Waals surface area contributed by atoms with E-state index in [1.807, 2.05) is 20.9 Å². The number of nitrogens with zero attached hydrogens (tertiary/aromatic N) is 3. The van der Waals surface area contributed by atoms with Gasteiger partial charge in [0.2, 0.25) is 0 Å². The number of fused-ring (bicyclic) bond motifs is 7. The van der Waals surface area contributed by atoms with Crippen LogP contribution in [-0.2, 0) is 12.8 Å². The number of benzene rings is 2. The van der Waals surface area contributed by atoms with E-state index in [2.05, 4.69) is 41.7 Å². The number of methoxy groups -OCH3 is 1. The Morgan fingerprint density at radius 2 is 1.60 bits per heavy atom. The van der Waals surface area contributed by atoms with Gasteiger partial charge in [0, 0.05) is 40.9 Å². The molecule has 0 amide bonds. The Balaban J connectivity index is 1.80. The minimum Gasteiger partial charge on any atom is -0.504 e. The molecule has 2 bridgehead atoms. The average molecular weight is 587 g/mol. The van der Waals surface area contributed by atoms with Crippen molar-refractivity contribution in [3.05, 3.63) is 77.4 Å². The zero-order valence-electron chi connectivity index (χ0n) is 25.6. The summed E-state index contributed by atoms with van der Waals surface area (Å²) in [5, 5.41) is 22.3. The second kappa shape index (κ2) is 12.3. The van der Waals surface area contributed by atoms with E-state index in [1.54, 1.807) is 25.3 Å². The predicted molar refractivity (Wildman–Crippen MR) is 166 cm³/mol. The number of phenolic OH excluding ortho intramolecular Hbond substituents is 1. The Hall–Kier alpha value is -3.97. The summed E-state index contributed by atoms with van der Waals surface area (Å²) in [6.07, 6.45) is 6.23. The number of aryl methyl sites for hydroxylation is 1. The van der Waals surface area contributed by atoms with Crippen molar-refractivity contribution in [1.82, 2.24) is 9.80 Å². The zero-order valence-corrected chi connectivity index (χ0v) is 25.6. The number of nitrogens with two attached hydrogens (primary N) is 1. The van der Waals surface area contributed by atoms with Gasteiger partial charge >= 0.3 is 0 Å². The number of aromatic hydroxyl groups is 1. The lowest BCUT2D eigenvalue weighted by atomic mass is 9.71. The van der Waals surface area contributed by atoms with Crippen molar-refractivity contribution in [1.29, 1.82) is 5.26 Å². The monoisotopic (exact) mass is 586 g/mol. The number of hydrogen-bond acceptors (Lipinski definition) is 9. The topological polar surface area (TPSA) is 113 Å². The van der Waals surface area contributed by atoms with E-state index in [0.29, 0.717) is 42.4 Å². The lowest BCUT2D eigenvalue weighted by Gasteiger charge is -2.60. The molecule has 1 unspecified atom stereocenters. The molecule has 43 heavy (non-hydrogen) atoms. The molecule has 0 aromatic heterocycles. The molecular weight excluding hydrogens is 544 g/mol. The smallest absolute Gasteiger partial charge is 0.168 e. The van der Waals surface area contributed by atoms with Crippen molar-refractivity contribution in [2.45, 2.75) is 56.9 Å². The van der Waals surface area contributed by atoms with Crippen LogP contribution in [-0.4, -0.2) is 73.6 Å². The maximum atomic E-state index is 11.6. The van der Waals surface area contributed by atoms with E-state index in [-0.39, 0.29) is 49.7 Å². The average Bonchev–Trinajstić information content (AvgIpc) is 2.99. The van der Waals surface area contributed by atoms with E-state index in [0.717, 1.165) is 33.4 Å². The number of piperazine rings is 1. The normalized spacial score (nSPS) is 24.0. The van der Waals surface area contributed by atoms with Crippen molar-refractivity contribution in [2.24, 2.45) is 5.73 Å². The summed E-state index contributed by atoms with van der Waals surface area (Å²) in [5.74, 6) is 2.46. The SMILES string of the molecule is C=CCOc1c(C)c(OCC=C)c(OCC=C)c2c1CC1[C@H]3c4c(cc(C)c(OC)c4O)C[C@@H]([C@H](C#N)N1[C@H]2CN)N3C. The lowest BCUT2D eigenvalue weighted by molar-refractivity contribution is -0.0711. The van der Waals surface area contributed by atoms with Crippen molar-refractivity contribution >= 4 is 0 Å². The van der Waals surface area contributed by atoms with Crippen LogP contribution >= 0.6 is 0 Å². The van der Waals surface area contributed by atoms with Gasteiger partial charge in [0.15, 0.2) is 23.0 Å². The molecule has 0 spiro atoms. The first-order chi connectivity index (χ1) is 20.8. The Bertz CT molecular complexity index is 1480. The van der Waals surface area contributed by atoms with Crippen LogP contribution < -0.4 is 24.7 Å². The number of likely N-dealkylation sites (N-methyl/N-ethyl adjacent to an activating group) is 1. The second-order valence-electron chi connectivity index (χ2n) is 11.4. The molecule has 0 aliphatic carbocycles. The Morgan fingerprint density at radius 3 is 2.19 bits per heavy atom. The highest BCUT2D eigenvalue weighted by atomic mass is 16.5. The minimum absolute atomic E-state index is 0.113. The predicted octanol–water partition coefficient (Wildman–Crippen LogP) is 4.44. The molecule has 3 heterocycles. The molecule has 3 N–H and O–H groups in total. The first-order valence-corrected chi connectivity index (χ1v) is 14.7. The van der Waals surface area contributed by atoms with Gasteiger partial charge in [0.1, 0.15) is 31.6 Å². The number of hydrogen-bond donors (Lipinski definition) is 2. The van der Waals surface area contributed by atoms with Crippen LogP contribution in [0.1, 0.15) is 45.5 Å². The maximum Gasteiger partial charge on any atom is 0.168 e. The van der Waals surface area contributed by atoms with Crippen LogP contribution in [0, 0.1) is 25.2 Å². The first-order valence-electron chi connectivity index (χ1n) is 14.7. The van der Waals surface area contributed by atoms with Gasteiger partial charge in [-0.3, -0.25) is 9.80 Å². The number of rotatable bonds is 11. The molecule has 2 aromatic carbocycles. The van der Waals surface area contributed by atoms with Crippen molar-refractivity contribution < 1.29 is 24.1 Å². The largest absolute Gasteiger partial charge is 0.504 e. The van der Waals surface area contributed by atoms with Crippen LogP contribution in [0.4, 0.5) is 0 Å². The molecule has 3 aliphatic rings. The van der Waals surface area contributed by atoms with E-state index in [4.69, 9.17) is 24.7 Å². The summed E-state index contributed by atoms with van der Waals surface area (Å²) in [6.45, 7) is 16.5. The van der Waals surface area contributed by atoms with Gasteiger partial charge < -0.3 is 29.8 Å². The third kappa shape index (κ3) is 4.74. The van der Waals surface area contributed by atoms with Crippen LogP contribution in [0.3, 0.4) is 0 Å². The summed E-state index contributed by atoms with van der Waals surface area (Å²) >= 11 is 0. The molecular formula is C34H42N4O5. The fraction of sp³-hybridized carbons (Fsp3) is 0.441. The second-order valence-corrected chi connectivity index (χ2v) is 11.4. The third-order valence-corrected chi connectivity index (χ3v) is 9.12. The summed E-state index contributed by atoms with van der Waals surface area (Å²) in [4.78, 5) is 4.50. The van der Waals surface area contributed by atoms with E-state index in [1.165, 1.54) is 0 Å². The number of phenols is 1. The summed E-state index contributed by atoms with van der Waals surface area (Å²) in [7, 11) is 3.62. The van der Waals surface area contributed by atoms with Crippen LogP contribution in [0.5, 0.6) is 28.7 Å². The van der Waals surface area contributed by atoms with E-state index < -0.39 is 6.04 Å². The molecule has 9 nitrogen and oxygen atoms in total. The van der Waals surface area contributed by atoms with Crippen molar-refractivity contribution in [3.8, 4) is 34.8 Å². The highest BCUT2D eigenvalue weighted by Gasteiger charge is 2.56. The maximum absolute atomic E-state index is 11.6. The fourth-order valence-corrected chi connectivity index (χ4v) is 7.54. The highest BCUT2D eigenvalue weighted by molar-refractivity contribution is 5.66. The molecule has 2 aromatic rings. The molecule has 1 fully saturated rings. The fourth-order valence-electron chi connectivity index (χ4n) is 7.54. The number of ether oxygens (including phenoxy) is 4. The van der Waals surface area contributed by atoms with Crippen LogP contribution in [0.25, 0.3) is 0 Å². The van der Waals surface area contributed by atoms with Gasteiger partial charge in [0.25, 0.3) is 0 Å². The van der Waals surface area contributed by atoms with Crippen molar-refractivity contribution in [3.63, 3.8) is 0 Å². The molecule has 5 atom stereocenters. The zero-order chi connectivity index (χ0) is 31.0. The minimum atomic E-state index is -0.464. The summed E-state index contributed by atoms with van der Waals surface area (Å²) in [6, 6.07) is 3.33. The standard InChI is InChI=1S/C34H42N4O5/c1-8-11-41-32-20(5)33(42-12-9-2)34(43-13-10-3)28-22(32)16-24-29-27-21(14-19(4)31(40-7)30(27)39)15-23(37(29)6)25(17-35)38(24)26(28)18-36/h8-10,14,23-26,29,39H,1-3,11-13,15-16,18,36H2,4-7H3/t23-,24?,25-,26-,29-/m0/s1. The lowest BCUT2D eigenvalue weighted by Crippen LogP contribution is -2.68. The molecule has 0 saturated carbocycles. The van der Waals surface area contributed by atoms with E-state index >= 15 is 0 Å². The van der Waals surface area contributed by atoms with Gasteiger partial charge in [-0.25, -0.2) is 0 Å². The summed E-state index contributed by atoms with van der Waals surface area (Å²) in [5.41, 5.74) is 12.0. The number of nitriles is 1. The van der Waals surface area contributed by atoms with Gasteiger partial charge in [-0.05, 0) is 44.9 Å². The van der Waals surface area contributed by atoms with Gasteiger partial charge in [-0.2, -0.15) is 5.26 Å². The van der Waals surface area contributed by atoms with Gasteiger partial charge in [-0.1, -0.05) is 44.0 Å². The Labute approximate surface area is 254 Å². The quantitative estimate of drug-likeness (QED) is 0.369. The summed E-state index contributed by atoms with van der Waals surface area (Å²) < 4.78 is 24.6. The van der Waals surface area contributed by atoms with E-state index in [9.17, 15) is 10.4 Å². The molecule has 9 heteroatoms. The molecule has 0 radical (unpaired) electrons. The molecule has 228 valence electrons. The third-order valence-electron chi connectivity index (χ3n) is 9.12. The van der Waals surface area contributed by atoms with Crippen molar-refractivity contribution in [2.75, 3.05) is 40.5 Å². The Morgan fingerprint density at radius 1 is 0.977 bits per heavy atom. The molecule has 5 rings (SSSR count). The molecule has 1 saturated heterocycles. The Kier molecular flexibility index (Phi) is 8.74.